The first-order valence-electron chi connectivity index (χ1n) is 11.4. The number of carbonyl (C=O) groups excluding carboxylic acids is 2. The molecule has 0 bridgehead atoms. The van der Waals surface area contributed by atoms with E-state index in [1.54, 1.807) is 7.11 Å². The summed E-state index contributed by atoms with van der Waals surface area (Å²) >= 11 is 0. The Morgan fingerprint density at radius 1 is 1.10 bits per heavy atom. The number of rotatable bonds is 8. The first-order valence-corrected chi connectivity index (χ1v) is 11.4. The number of nitrogens with zero attached hydrogens (tertiary/aromatic N) is 3. The van der Waals surface area contributed by atoms with E-state index in [2.05, 4.69) is 46.3 Å². The summed E-state index contributed by atoms with van der Waals surface area (Å²) in [4.78, 5) is 31.7. The molecule has 174 valence electrons. The molecule has 3 fully saturated rings. The number of piperazine rings is 1. The number of ether oxygens (including phenoxy) is 1. The number of allylic oxidation sites excluding steroid dienone is 2. The van der Waals surface area contributed by atoms with E-state index in [0.717, 1.165) is 52.0 Å². The van der Waals surface area contributed by atoms with Gasteiger partial charge in [-0.2, -0.15) is 0 Å². The highest BCUT2D eigenvalue weighted by Crippen LogP contribution is 2.29. The first kappa shape index (κ1) is 24.4. The van der Waals surface area contributed by atoms with Crippen molar-refractivity contribution in [2.45, 2.75) is 56.8 Å². The Labute approximate surface area is 192 Å². The summed E-state index contributed by atoms with van der Waals surface area (Å²) in [6.45, 7) is 9.53. The Balaban J connectivity index is 0.00000272. The highest BCUT2D eigenvalue weighted by molar-refractivity contribution is 6.06. The maximum atomic E-state index is 12.7. The zero-order chi connectivity index (χ0) is 21.3. The molecule has 1 saturated carbocycles. The molecule has 7 nitrogen and oxygen atoms in total. The molecule has 0 radical (unpaired) electrons. The second-order valence-corrected chi connectivity index (χ2v) is 9.34. The minimum atomic E-state index is -0.319. The highest BCUT2D eigenvalue weighted by Gasteiger charge is 2.46. The third-order valence-electron chi connectivity index (χ3n) is 7.25. The fourth-order valence-corrected chi connectivity index (χ4v) is 5.03. The zero-order valence-corrected chi connectivity index (χ0v) is 19.8. The number of methoxy groups -OCH3 is 1. The molecule has 2 saturated heterocycles. The van der Waals surface area contributed by atoms with Crippen LogP contribution in [0.15, 0.2) is 24.3 Å². The molecule has 31 heavy (non-hydrogen) atoms. The van der Waals surface area contributed by atoms with Gasteiger partial charge < -0.3 is 15.0 Å². The van der Waals surface area contributed by atoms with E-state index < -0.39 is 0 Å². The summed E-state index contributed by atoms with van der Waals surface area (Å²) in [5, 5.41) is 3.35. The summed E-state index contributed by atoms with van der Waals surface area (Å²) < 4.78 is 5.71. The Bertz CT molecular complexity index is 718. The summed E-state index contributed by atoms with van der Waals surface area (Å²) in [5.74, 6) is -0.285. The van der Waals surface area contributed by atoms with Gasteiger partial charge in [-0.25, -0.2) is 0 Å². The van der Waals surface area contributed by atoms with Crippen molar-refractivity contribution in [1.82, 2.24) is 20.0 Å². The summed E-state index contributed by atoms with van der Waals surface area (Å²) in [5.41, 5.74) is -0.107. The number of nitrogens with one attached hydrogen (secondary N) is 1. The van der Waals surface area contributed by atoms with Gasteiger partial charge in [0.2, 0.25) is 11.8 Å². The van der Waals surface area contributed by atoms with Crippen LogP contribution in [0.5, 0.6) is 0 Å². The molecule has 2 amide bonds. The van der Waals surface area contributed by atoms with Crippen molar-refractivity contribution < 1.29 is 14.3 Å². The molecule has 2 aliphatic carbocycles. The van der Waals surface area contributed by atoms with Crippen LogP contribution >= 0.6 is 12.4 Å². The predicted octanol–water partition coefficient (Wildman–Crippen LogP) is 1.44. The molecule has 0 spiro atoms. The SMILES string of the molecule is COC1C=CC=CC1(C)N1CCN(CCCN2C(=O)C(C)C(NC3CC3)C2=O)CC1.Cl. The van der Waals surface area contributed by atoms with Crippen LogP contribution in [0, 0.1) is 5.92 Å². The van der Waals surface area contributed by atoms with Crippen LogP contribution in [-0.4, -0.2) is 96.6 Å². The third kappa shape index (κ3) is 5.06. The van der Waals surface area contributed by atoms with E-state index in [4.69, 9.17) is 4.74 Å². The van der Waals surface area contributed by atoms with Gasteiger partial charge in [-0.15, -0.1) is 12.4 Å². The lowest BCUT2D eigenvalue weighted by molar-refractivity contribution is -0.139. The lowest BCUT2D eigenvalue weighted by Gasteiger charge is -2.47. The van der Waals surface area contributed by atoms with Gasteiger partial charge in [-0.1, -0.05) is 31.2 Å². The van der Waals surface area contributed by atoms with E-state index in [1.165, 1.54) is 4.90 Å². The van der Waals surface area contributed by atoms with Crippen LogP contribution in [0.4, 0.5) is 0 Å². The van der Waals surface area contributed by atoms with Gasteiger partial charge in [0, 0.05) is 45.9 Å². The van der Waals surface area contributed by atoms with Crippen LogP contribution < -0.4 is 5.32 Å². The average molecular weight is 453 g/mol. The van der Waals surface area contributed by atoms with E-state index in [-0.39, 0.29) is 47.8 Å². The average Bonchev–Trinajstić information content (AvgIpc) is 3.55. The van der Waals surface area contributed by atoms with Crippen LogP contribution in [0.1, 0.15) is 33.1 Å². The minimum absolute atomic E-state index is 0. The molecule has 0 aromatic heterocycles. The fraction of sp³-hybridized carbons (Fsp3) is 0.739. The van der Waals surface area contributed by atoms with Gasteiger partial charge in [0.25, 0.3) is 0 Å². The molecule has 8 heteroatoms. The second kappa shape index (κ2) is 10.1. The van der Waals surface area contributed by atoms with E-state index in [0.29, 0.717) is 12.6 Å². The predicted molar refractivity (Wildman–Crippen MR) is 123 cm³/mol. The van der Waals surface area contributed by atoms with Gasteiger partial charge in [0.05, 0.1) is 23.6 Å². The molecule has 4 atom stereocenters. The number of carbonyl (C=O) groups is 2. The molecule has 4 unspecified atom stereocenters. The molecular formula is C23H37ClN4O3. The summed E-state index contributed by atoms with van der Waals surface area (Å²) in [7, 11) is 1.77. The van der Waals surface area contributed by atoms with Crippen molar-refractivity contribution >= 4 is 24.2 Å². The Morgan fingerprint density at radius 2 is 1.81 bits per heavy atom. The molecule has 0 aromatic rings. The zero-order valence-electron chi connectivity index (χ0n) is 19.0. The molecule has 1 N–H and O–H groups in total. The summed E-state index contributed by atoms with van der Waals surface area (Å²) in [6, 6.07) is 0.111. The normalized spacial score (nSPS) is 34.4. The van der Waals surface area contributed by atoms with Crippen molar-refractivity contribution in [3.63, 3.8) is 0 Å². The quantitative estimate of drug-likeness (QED) is 0.562. The molecule has 2 heterocycles. The Hall–Kier alpha value is -1.25. The van der Waals surface area contributed by atoms with Gasteiger partial charge in [-0.05, 0) is 32.7 Å². The van der Waals surface area contributed by atoms with Crippen LogP contribution in [0.3, 0.4) is 0 Å². The molecule has 4 rings (SSSR count). The number of halogens is 1. The molecule has 0 aromatic carbocycles. The van der Waals surface area contributed by atoms with Crippen molar-refractivity contribution in [3.8, 4) is 0 Å². The number of hydrogen-bond donors (Lipinski definition) is 1. The Kier molecular flexibility index (Phi) is 7.97. The van der Waals surface area contributed by atoms with Gasteiger partial charge in [0.1, 0.15) is 0 Å². The lowest BCUT2D eigenvalue weighted by atomic mass is 9.87. The van der Waals surface area contributed by atoms with Crippen molar-refractivity contribution in [2.75, 3.05) is 46.4 Å². The third-order valence-corrected chi connectivity index (χ3v) is 7.25. The topological polar surface area (TPSA) is 65.1 Å². The van der Waals surface area contributed by atoms with Crippen molar-refractivity contribution in [3.05, 3.63) is 24.3 Å². The highest BCUT2D eigenvalue weighted by atomic mass is 35.5. The van der Waals surface area contributed by atoms with Gasteiger partial charge in [0.15, 0.2) is 0 Å². The van der Waals surface area contributed by atoms with E-state index in [9.17, 15) is 9.59 Å². The minimum Gasteiger partial charge on any atom is -0.375 e. The maximum absolute atomic E-state index is 12.7. The van der Waals surface area contributed by atoms with Crippen LogP contribution in [0.2, 0.25) is 0 Å². The first-order chi connectivity index (χ1) is 14.4. The number of hydrogen-bond acceptors (Lipinski definition) is 6. The van der Waals surface area contributed by atoms with Crippen LogP contribution in [-0.2, 0) is 14.3 Å². The maximum Gasteiger partial charge on any atom is 0.247 e. The lowest BCUT2D eigenvalue weighted by Crippen LogP contribution is -2.60. The fourth-order valence-electron chi connectivity index (χ4n) is 5.03. The smallest absolute Gasteiger partial charge is 0.247 e. The van der Waals surface area contributed by atoms with Crippen molar-refractivity contribution in [1.29, 1.82) is 0 Å². The summed E-state index contributed by atoms with van der Waals surface area (Å²) in [6.07, 6.45) is 11.7. The van der Waals surface area contributed by atoms with E-state index in [1.807, 2.05) is 6.92 Å². The van der Waals surface area contributed by atoms with Gasteiger partial charge in [-0.3, -0.25) is 19.4 Å². The molecule has 2 aliphatic heterocycles. The number of imide groups is 1. The van der Waals surface area contributed by atoms with Crippen molar-refractivity contribution in [2.24, 2.45) is 5.92 Å². The molecular weight excluding hydrogens is 416 g/mol. The number of likely N-dealkylation sites (tertiary alicyclic amines) is 1. The van der Waals surface area contributed by atoms with E-state index >= 15 is 0 Å². The Morgan fingerprint density at radius 3 is 2.45 bits per heavy atom. The van der Waals surface area contributed by atoms with Gasteiger partial charge >= 0.3 is 0 Å². The molecule has 4 aliphatic rings. The van der Waals surface area contributed by atoms with Crippen LogP contribution in [0.25, 0.3) is 0 Å². The monoisotopic (exact) mass is 452 g/mol. The second-order valence-electron chi connectivity index (χ2n) is 9.34. The largest absolute Gasteiger partial charge is 0.375 e. The number of amides is 2. The standard InChI is InChI=1S/C23H36N4O3.ClH/c1-17-20(24-18-8-9-18)22(29)27(21(17)28)12-6-11-25-13-15-26(16-14-25)23(2)10-5-4-7-19(23)30-3;/h4-5,7,10,17-20,24H,6,8-9,11-16H2,1-3H3;1H.